The van der Waals surface area contributed by atoms with Crippen molar-refractivity contribution in [3.63, 3.8) is 0 Å². The highest BCUT2D eigenvalue weighted by Crippen LogP contribution is 2.29. The Morgan fingerprint density at radius 1 is 1.09 bits per heavy atom. The van der Waals surface area contributed by atoms with Gasteiger partial charge >= 0.3 is 0 Å². The van der Waals surface area contributed by atoms with E-state index in [1.165, 1.54) is 5.57 Å². The van der Waals surface area contributed by atoms with Crippen molar-refractivity contribution in [2.45, 2.75) is 90.3 Å². The fourth-order valence-corrected chi connectivity index (χ4v) is 4.91. The third kappa shape index (κ3) is 7.24. The third-order valence-electron chi connectivity index (χ3n) is 7.24. The highest BCUT2D eigenvalue weighted by molar-refractivity contribution is 5.73. The SMILES string of the molecule is CCCCNc1ncc(-c2ccc(C=C3CCN(C(C)C)CC3)cn2)c(N[C@H]2CC[C@H](O)CC2)n1. The van der Waals surface area contributed by atoms with Crippen LogP contribution < -0.4 is 10.6 Å². The molecule has 2 fully saturated rings. The minimum Gasteiger partial charge on any atom is -0.393 e. The number of nitrogens with zero attached hydrogens (tertiary/aromatic N) is 4. The van der Waals surface area contributed by atoms with Gasteiger partial charge in [0, 0.05) is 44.1 Å². The number of nitrogens with one attached hydrogen (secondary N) is 2. The Morgan fingerprint density at radius 3 is 2.51 bits per heavy atom. The average molecular weight is 479 g/mol. The number of hydrogen-bond acceptors (Lipinski definition) is 7. The molecule has 1 saturated heterocycles. The predicted molar refractivity (Wildman–Crippen MR) is 144 cm³/mol. The van der Waals surface area contributed by atoms with Gasteiger partial charge in [0.2, 0.25) is 5.95 Å². The number of aliphatic hydroxyl groups is 1. The summed E-state index contributed by atoms with van der Waals surface area (Å²) in [6.07, 6.45) is 14.0. The van der Waals surface area contributed by atoms with Crippen LogP contribution in [0.25, 0.3) is 17.3 Å². The van der Waals surface area contributed by atoms with Gasteiger partial charge in [-0.2, -0.15) is 4.98 Å². The van der Waals surface area contributed by atoms with Crippen LogP contribution in [0.4, 0.5) is 11.8 Å². The highest BCUT2D eigenvalue weighted by Gasteiger charge is 2.22. The van der Waals surface area contributed by atoms with Crippen LogP contribution in [0.1, 0.15) is 77.7 Å². The van der Waals surface area contributed by atoms with Crippen LogP contribution in [0.15, 0.2) is 30.1 Å². The highest BCUT2D eigenvalue weighted by atomic mass is 16.3. The van der Waals surface area contributed by atoms with Gasteiger partial charge in [-0.15, -0.1) is 0 Å². The summed E-state index contributed by atoms with van der Waals surface area (Å²) in [5.41, 5.74) is 4.45. The monoisotopic (exact) mass is 478 g/mol. The molecule has 0 unspecified atom stereocenters. The summed E-state index contributed by atoms with van der Waals surface area (Å²) in [6.45, 7) is 9.86. The van der Waals surface area contributed by atoms with Crippen molar-refractivity contribution in [3.05, 3.63) is 35.7 Å². The number of piperidine rings is 1. The molecule has 0 atom stereocenters. The van der Waals surface area contributed by atoms with Crippen molar-refractivity contribution in [2.75, 3.05) is 30.3 Å². The molecule has 0 spiro atoms. The van der Waals surface area contributed by atoms with Crippen molar-refractivity contribution in [3.8, 4) is 11.3 Å². The topological polar surface area (TPSA) is 86.2 Å². The van der Waals surface area contributed by atoms with E-state index in [1.807, 2.05) is 12.4 Å². The Morgan fingerprint density at radius 2 is 1.86 bits per heavy atom. The van der Waals surface area contributed by atoms with E-state index in [0.717, 1.165) is 93.6 Å². The van der Waals surface area contributed by atoms with Crippen molar-refractivity contribution < 1.29 is 5.11 Å². The van der Waals surface area contributed by atoms with Gasteiger partial charge in [0.25, 0.3) is 0 Å². The number of unbranched alkanes of at least 4 members (excludes halogenated alkanes) is 1. The van der Waals surface area contributed by atoms with Crippen molar-refractivity contribution in [1.29, 1.82) is 0 Å². The quantitative estimate of drug-likeness (QED) is 0.419. The maximum absolute atomic E-state index is 9.89. The van der Waals surface area contributed by atoms with Crippen molar-refractivity contribution in [1.82, 2.24) is 19.9 Å². The minimum atomic E-state index is -0.176. The summed E-state index contributed by atoms with van der Waals surface area (Å²) >= 11 is 0. The fraction of sp³-hybridized carbons (Fsp3) is 0.607. The fourth-order valence-electron chi connectivity index (χ4n) is 4.91. The number of likely N-dealkylation sites (tertiary alicyclic amines) is 1. The Bertz CT molecular complexity index is 956. The summed E-state index contributed by atoms with van der Waals surface area (Å²) in [4.78, 5) is 16.7. The first kappa shape index (κ1) is 25.6. The first-order chi connectivity index (χ1) is 17.0. The third-order valence-corrected chi connectivity index (χ3v) is 7.24. The molecule has 1 aliphatic carbocycles. The average Bonchev–Trinajstić information content (AvgIpc) is 2.87. The molecule has 1 aliphatic heterocycles. The van der Waals surface area contributed by atoms with Crippen LogP contribution in [0.5, 0.6) is 0 Å². The van der Waals surface area contributed by atoms with E-state index in [0.29, 0.717) is 18.0 Å². The standard InChI is InChI=1S/C28H42N6O/c1-4-5-14-29-28-31-19-25(27(33-28)32-23-7-9-24(35)10-8-23)26-11-6-22(18-30-26)17-21-12-15-34(16-13-21)20(2)3/h6,11,17-20,23-24,35H,4-5,7-10,12-16H2,1-3H3,(H2,29,31,32,33)/t23-,24-. The second kappa shape index (κ2) is 12.5. The zero-order chi connectivity index (χ0) is 24.6. The van der Waals surface area contributed by atoms with E-state index in [9.17, 15) is 5.11 Å². The van der Waals surface area contributed by atoms with E-state index in [1.54, 1.807) is 0 Å². The number of aromatic nitrogens is 3. The van der Waals surface area contributed by atoms with Gasteiger partial charge < -0.3 is 20.6 Å². The molecule has 0 aromatic carbocycles. The zero-order valence-electron chi connectivity index (χ0n) is 21.6. The number of anilines is 2. The first-order valence-electron chi connectivity index (χ1n) is 13.5. The molecular formula is C28H42N6O. The van der Waals surface area contributed by atoms with Crippen LogP contribution in [0.3, 0.4) is 0 Å². The van der Waals surface area contributed by atoms with Gasteiger partial charge in [-0.3, -0.25) is 4.98 Å². The molecule has 1 saturated carbocycles. The van der Waals surface area contributed by atoms with Crippen LogP contribution in [0, 0.1) is 0 Å². The Balaban J connectivity index is 1.49. The lowest BCUT2D eigenvalue weighted by Gasteiger charge is -2.31. The maximum Gasteiger partial charge on any atom is 0.224 e. The summed E-state index contributed by atoms with van der Waals surface area (Å²) in [5.74, 6) is 1.47. The number of pyridine rings is 1. The van der Waals surface area contributed by atoms with Gasteiger partial charge in [0.1, 0.15) is 5.82 Å². The molecule has 7 nitrogen and oxygen atoms in total. The van der Waals surface area contributed by atoms with Gasteiger partial charge in [0.15, 0.2) is 0 Å². The van der Waals surface area contributed by atoms with Crippen LogP contribution >= 0.6 is 0 Å². The molecule has 3 heterocycles. The van der Waals surface area contributed by atoms with E-state index in [4.69, 9.17) is 9.97 Å². The number of aliphatic hydroxyl groups excluding tert-OH is 1. The molecule has 2 aromatic heterocycles. The van der Waals surface area contributed by atoms with Crippen molar-refractivity contribution in [2.24, 2.45) is 0 Å². The molecule has 3 N–H and O–H groups in total. The molecule has 0 amide bonds. The maximum atomic E-state index is 9.89. The molecular weight excluding hydrogens is 436 g/mol. The van der Waals surface area contributed by atoms with E-state index >= 15 is 0 Å². The summed E-state index contributed by atoms with van der Waals surface area (Å²) in [5, 5.41) is 16.9. The molecule has 2 aliphatic rings. The van der Waals surface area contributed by atoms with Crippen molar-refractivity contribution >= 4 is 17.8 Å². The molecule has 35 heavy (non-hydrogen) atoms. The second-order valence-corrected chi connectivity index (χ2v) is 10.3. The van der Waals surface area contributed by atoms with E-state index in [2.05, 4.69) is 59.5 Å². The lowest BCUT2D eigenvalue weighted by molar-refractivity contribution is 0.126. The molecule has 7 heteroatoms. The molecule has 4 rings (SSSR count). The van der Waals surface area contributed by atoms with Gasteiger partial charge in [0.05, 0.1) is 17.4 Å². The summed E-state index contributed by atoms with van der Waals surface area (Å²) < 4.78 is 0. The Hall–Kier alpha value is -2.51. The number of hydrogen-bond donors (Lipinski definition) is 3. The van der Waals surface area contributed by atoms with Gasteiger partial charge in [-0.25, -0.2) is 4.98 Å². The Kier molecular flexibility index (Phi) is 9.10. The van der Waals surface area contributed by atoms with Crippen LogP contribution in [-0.4, -0.2) is 62.8 Å². The normalized spacial score (nSPS) is 21.2. The second-order valence-electron chi connectivity index (χ2n) is 10.3. The summed E-state index contributed by atoms with van der Waals surface area (Å²) in [6, 6.07) is 5.15. The largest absolute Gasteiger partial charge is 0.393 e. The van der Waals surface area contributed by atoms with Crippen LogP contribution in [-0.2, 0) is 0 Å². The Labute approximate surface area is 210 Å². The minimum absolute atomic E-state index is 0.176. The molecule has 0 radical (unpaired) electrons. The molecule has 190 valence electrons. The van der Waals surface area contributed by atoms with Gasteiger partial charge in [-0.1, -0.05) is 31.1 Å². The lowest BCUT2D eigenvalue weighted by atomic mass is 9.93. The van der Waals surface area contributed by atoms with E-state index in [-0.39, 0.29) is 6.10 Å². The smallest absolute Gasteiger partial charge is 0.224 e. The number of rotatable bonds is 9. The lowest BCUT2D eigenvalue weighted by Crippen LogP contribution is -2.36. The van der Waals surface area contributed by atoms with Gasteiger partial charge in [-0.05, 0) is 70.4 Å². The first-order valence-corrected chi connectivity index (χ1v) is 13.5. The van der Waals surface area contributed by atoms with E-state index < -0.39 is 0 Å². The molecule has 0 bridgehead atoms. The van der Waals surface area contributed by atoms with Crippen LogP contribution in [0.2, 0.25) is 0 Å². The summed E-state index contributed by atoms with van der Waals surface area (Å²) in [7, 11) is 0. The molecule has 2 aromatic rings. The predicted octanol–water partition coefficient (Wildman–Crippen LogP) is 5.35. The zero-order valence-corrected chi connectivity index (χ0v) is 21.6.